The van der Waals surface area contributed by atoms with Gasteiger partial charge in [-0.25, -0.2) is 14.6 Å². The van der Waals surface area contributed by atoms with E-state index < -0.39 is 32.5 Å². The molecule has 4 atom stereocenters. The van der Waals surface area contributed by atoms with Crippen molar-refractivity contribution in [3.05, 3.63) is 28.7 Å². The number of nitrogens with zero attached hydrogens (tertiary/aromatic N) is 7. The lowest BCUT2D eigenvalue weighted by Gasteiger charge is -2.37. The number of aromatic amines is 2. The summed E-state index contributed by atoms with van der Waals surface area (Å²) >= 11 is 0. The average molecular weight is 588 g/mol. The summed E-state index contributed by atoms with van der Waals surface area (Å²) in [5.41, 5.74) is 0.669. The Labute approximate surface area is 239 Å². The van der Waals surface area contributed by atoms with Crippen LogP contribution in [0.1, 0.15) is 46.8 Å². The Kier molecular flexibility index (Phi) is 10.2. The van der Waals surface area contributed by atoms with E-state index in [-0.39, 0.29) is 43.2 Å². The molecule has 1 aliphatic heterocycles. The monoisotopic (exact) mass is 587 g/mol. The van der Waals surface area contributed by atoms with Crippen molar-refractivity contribution in [1.29, 1.82) is 5.26 Å². The molecule has 14 nitrogen and oxygen atoms in total. The summed E-state index contributed by atoms with van der Waals surface area (Å²) in [5.74, 6) is 0.580. The van der Waals surface area contributed by atoms with Crippen molar-refractivity contribution in [3.8, 4) is 17.6 Å². The van der Waals surface area contributed by atoms with E-state index in [1.165, 1.54) is 6.34 Å². The molecule has 1 fully saturated rings. The summed E-state index contributed by atoms with van der Waals surface area (Å²) in [6.07, 6.45) is 1.99. The minimum Gasteiger partial charge on any atom is -0.394 e. The molecule has 1 aliphatic rings. The molecule has 3 N–H and O–H groups in total. The molecule has 0 saturated carbocycles. The minimum absolute atomic E-state index is 0.114. The number of nitrogens with one attached hydrogen (secondary N) is 2. The zero-order valence-electron chi connectivity index (χ0n) is 24.2. The van der Waals surface area contributed by atoms with Crippen molar-refractivity contribution in [1.82, 2.24) is 34.1 Å². The van der Waals surface area contributed by atoms with Gasteiger partial charge in [0.15, 0.2) is 17.0 Å². The van der Waals surface area contributed by atoms with Gasteiger partial charge in [0, 0.05) is 38.8 Å². The number of ether oxygens (including phenoxy) is 1. The van der Waals surface area contributed by atoms with Crippen LogP contribution >= 0.6 is 8.53 Å². The van der Waals surface area contributed by atoms with Crippen LogP contribution in [0.2, 0.25) is 0 Å². The number of imidazole rings is 1. The number of H-pyrrole nitrogens is 2. The summed E-state index contributed by atoms with van der Waals surface area (Å²) in [6.45, 7) is 8.17. The molecule has 15 heteroatoms. The zero-order valence-corrected chi connectivity index (χ0v) is 25.1. The van der Waals surface area contributed by atoms with Crippen molar-refractivity contribution in [3.63, 3.8) is 0 Å². The van der Waals surface area contributed by atoms with Gasteiger partial charge in [-0.2, -0.15) is 10.2 Å². The molecule has 0 radical (unpaired) electrons. The van der Waals surface area contributed by atoms with Gasteiger partial charge in [0.05, 0.1) is 43.8 Å². The molecule has 4 rings (SSSR count). The van der Waals surface area contributed by atoms with Crippen molar-refractivity contribution < 1.29 is 18.9 Å². The maximum atomic E-state index is 13.0. The van der Waals surface area contributed by atoms with Gasteiger partial charge in [-0.3, -0.25) is 14.3 Å². The van der Waals surface area contributed by atoms with Gasteiger partial charge in [-0.15, -0.1) is 0 Å². The Morgan fingerprint density at radius 2 is 2.10 bits per heavy atom. The highest BCUT2D eigenvalue weighted by Gasteiger charge is 2.42. The molecule has 41 heavy (non-hydrogen) atoms. The minimum atomic E-state index is -1.57. The largest absolute Gasteiger partial charge is 0.394 e. The Bertz CT molecular complexity index is 1410. The molecule has 3 aromatic heterocycles. The second kappa shape index (κ2) is 13.7. The first-order valence-corrected chi connectivity index (χ1v) is 14.7. The number of aliphatic imine (C=N–C) groups is 1. The van der Waals surface area contributed by atoms with E-state index in [0.29, 0.717) is 23.6 Å². The third kappa shape index (κ3) is 7.01. The molecule has 0 spiro atoms. The quantitative estimate of drug-likeness (QED) is 0.117. The van der Waals surface area contributed by atoms with E-state index in [4.69, 9.17) is 19.0 Å². The number of hydrogen-bond acceptors (Lipinski definition) is 10. The highest BCUT2D eigenvalue weighted by Crippen LogP contribution is 2.50. The van der Waals surface area contributed by atoms with E-state index in [1.807, 2.05) is 26.2 Å². The van der Waals surface area contributed by atoms with Gasteiger partial charge in [0.1, 0.15) is 12.3 Å². The molecule has 1 unspecified atom stereocenters. The summed E-state index contributed by atoms with van der Waals surface area (Å²) in [4.78, 5) is 34.1. The lowest BCUT2D eigenvalue weighted by molar-refractivity contribution is -0.0406. The normalized spacial score (nSPS) is 20.2. The predicted molar refractivity (Wildman–Crippen MR) is 155 cm³/mol. The Morgan fingerprint density at radius 1 is 1.34 bits per heavy atom. The third-order valence-electron chi connectivity index (χ3n) is 6.32. The van der Waals surface area contributed by atoms with Crippen LogP contribution in [0, 0.1) is 11.3 Å². The standard InChI is InChI=1S/C26H38N9O5P/c1-16(2)35(17(3)4)41(38-12-8-10-27)40-19-13-21(39-20(19)14-36)34-23(18-9-7-11-28-18)30-22-24(34)31-26(32-25(22)37)29-15-33(5)6/h7,9,11,15-17,19-21,28,36H,8,12-14H2,1-6H3,(H,31,32,37)/b29-15+/t19-,20+,21+,41?/m0/s1. The maximum absolute atomic E-state index is 13.0. The van der Waals surface area contributed by atoms with Gasteiger partial charge in [0.25, 0.3) is 14.1 Å². The highest BCUT2D eigenvalue weighted by atomic mass is 31.2. The SMILES string of the molecule is CC(C)N(C(C)C)P(OCCC#N)O[C@H]1C[C@H](n2c(-c3ccc[nH]3)nc3c(=O)[nH]c(/N=C/N(C)C)nc32)O[C@@H]1CO. The number of aliphatic hydroxyl groups excluding tert-OH is 1. The lowest BCUT2D eigenvalue weighted by Crippen LogP contribution is -2.36. The van der Waals surface area contributed by atoms with Crippen LogP contribution in [0.5, 0.6) is 0 Å². The van der Waals surface area contributed by atoms with E-state index in [2.05, 4.69) is 63.4 Å². The fraction of sp³-hybridized carbons (Fsp3) is 0.577. The van der Waals surface area contributed by atoms with Crippen LogP contribution in [0.4, 0.5) is 5.95 Å². The number of nitriles is 1. The van der Waals surface area contributed by atoms with E-state index in [0.717, 1.165) is 0 Å². The molecule has 0 bridgehead atoms. The van der Waals surface area contributed by atoms with Crippen LogP contribution in [0.15, 0.2) is 28.1 Å². The second-order valence-electron chi connectivity index (χ2n) is 10.4. The summed E-state index contributed by atoms with van der Waals surface area (Å²) in [6, 6.07) is 6.01. The fourth-order valence-electron chi connectivity index (χ4n) is 4.68. The van der Waals surface area contributed by atoms with Crippen molar-refractivity contribution in [2.24, 2.45) is 4.99 Å². The van der Waals surface area contributed by atoms with Crippen molar-refractivity contribution >= 4 is 32.0 Å². The molecular weight excluding hydrogens is 549 g/mol. The average Bonchev–Trinajstić information content (AvgIpc) is 3.65. The first kappa shape index (κ1) is 30.8. The Balaban J connectivity index is 1.74. The van der Waals surface area contributed by atoms with Crippen LogP contribution in [-0.2, 0) is 13.8 Å². The van der Waals surface area contributed by atoms with Gasteiger partial charge in [-0.05, 0) is 39.8 Å². The fourth-order valence-corrected chi connectivity index (χ4v) is 6.44. The predicted octanol–water partition coefficient (Wildman–Crippen LogP) is 3.28. The van der Waals surface area contributed by atoms with Crippen molar-refractivity contribution in [2.75, 3.05) is 27.3 Å². The molecule has 0 aliphatic carbocycles. The van der Waals surface area contributed by atoms with Crippen molar-refractivity contribution in [2.45, 2.75) is 71.1 Å². The number of fused-ring (bicyclic) bond motifs is 1. The first-order chi connectivity index (χ1) is 19.6. The van der Waals surface area contributed by atoms with Crippen LogP contribution in [0.25, 0.3) is 22.7 Å². The number of aliphatic hydroxyl groups is 1. The molecular formula is C26H38N9O5P. The molecule has 4 heterocycles. The Hall–Kier alpha value is -3.18. The number of rotatable bonds is 13. The van der Waals surface area contributed by atoms with E-state index in [1.54, 1.807) is 15.7 Å². The molecule has 0 aromatic carbocycles. The lowest BCUT2D eigenvalue weighted by atomic mass is 10.2. The van der Waals surface area contributed by atoms with Gasteiger partial charge < -0.3 is 28.8 Å². The number of aromatic nitrogens is 5. The molecule has 222 valence electrons. The Morgan fingerprint density at radius 3 is 2.71 bits per heavy atom. The highest BCUT2D eigenvalue weighted by molar-refractivity contribution is 7.44. The number of hydrogen-bond donors (Lipinski definition) is 3. The molecule has 0 amide bonds. The summed E-state index contributed by atoms with van der Waals surface area (Å²) < 4.78 is 22.8. The molecule has 1 saturated heterocycles. The summed E-state index contributed by atoms with van der Waals surface area (Å²) in [7, 11) is 2.06. The van der Waals surface area contributed by atoms with Gasteiger partial charge >= 0.3 is 0 Å². The van der Waals surface area contributed by atoms with Crippen LogP contribution < -0.4 is 5.56 Å². The van der Waals surface area contributed by atoms with E-state index >= 15 is 0 Å². The summed E-state index contributed by atoms with van der Waals surface area (Å²) in [5, 5.41) is 19.3. The van der Waals surface area contributed by atoms with Crippen LogP contribution in [0.3, 0.4) is 0 Å². The van der Waals surface area contributed by atoms with E-state index in [9.17, 15) is 9.90 Å². The van der Waals surface area contributed by atoms with Crippen LogP contribution in [-0.4, -0.2) is 97.1 Å². The zero-order chi connectivity index (χ0) is 29.7. The second-order valence-corrected chi connectivity index (χ2v) is 11.8. The molecule has 3 aromatic rings. The van der Waals surface area contributed by atoms with Gasteiger partial charge in [-0.1, -0.05) is 0 Å². The maximum Gasteiger partial charge on any atom is 0.280 e. The smallest absolute Gasteiger partial charge is 0.280 e. The van der Waals surface area contributed by atoms with Gasteiger partial charge in [0.2, 0.25) is 5.95 Å². The third-order valence-corrected chi connectivity index (χ3v) is 8.48. The topological polar surface area (TPSA) is 170 Å². The first-order valence-electron chi connectivity index (χ1n) is 13.5.